The van der Waals surface area contributed by atoms with Crippen molar-refractivity contribution < 1.29 is 9.59 Å². The molecule has 130 valence electrons. The lowest BCUT2D eigenvalue weighted by molar-refractivity contribution is -0.117. The number of hydrogen-bond donors (Lipinski definition) is 2. The van der Waals surface area contributed by atoms with E-state index in [1.807, 2.05) is 30.3 Å². The van der Waals surface area contributed by atoms with Gasteiger partial charge in [0.1, 0.15) is 5.69 Å². The van der Waals surface area contributed by atoms with Gasteiger partial charge < -0.3 is 10.6 Å². The second-order valence-electron chi connectivity index (χ2n) is 6.28. The van der Waals surface area contributed by atoms with Crippen LogP contribution in [0.5, 0.6) is 0 Å². The molecule has 0 spiro atoms. The van der Waals surface area contributed by atoms with Gasteiger partial charge in [-0.05, 0) is 49.2 Å². The number of rotatable bonds is 5. The molecular formula is C20H18N4O2. The van der Waals surface area contributed by atoms with Crippen molar-refractivity contribution in [2.24, 2.45) is 5.92 Å². The molecule has 1 fully saturated rings. The first-order chi connectivity index (χ1) is 12.7. The Morgan fingerprint density at radius 2 is 1.58 bits per heavy atom. The van der Waals surface area contributed by atoms with Gasteiger partial charge in [-0.25, -0.2) is 4.98 Å². The maximum atomic E-state index is 12.6. The van der Waals surface area contributed by atoms with Crippen molar-refractivity contribution in [3.05, 3.63) is 72.8 Å². The molecule has 0 atom stereocenters. The molecule has 1 heterocycles. The predicted octanol–water partition coefficient (Wildman–Crippen LogP) is 3.47. The van der Waals surface area contributed by atoms with E-state index in [1.165, 1.54) is 6.20 Å². The number of aromatic nitrogens is 2. The Balaban J connectivity index is 1.45. The van der Waals surface area contributed by atoms with E-state index in [1.54, 1.807) is 35.2 Å². The number of nitrogens with one attached hydrogen (secondary N) is 2. The fourth-order valence-electron chi connectivity index (χ4n) is 2.68. The van der Waals surface area contributed by atoms with E-state index in [0.717, 1.165) is 24.2 Å². The monoisotopic (exact) mass is 346 g/mol. The molecule has 1 saturated carbocycles. The van der Waals surface area contributed by atoms with Crippen LogP contribution in [0.2, 0.25) is 0 Å². The van der Waals surface area contributed by atoms with Crippen LogP contribution in [-0.2, 0) is 4.79 Å². The third kappa shape index (κ3) is 3.49. The number of anilines is 2. The first-order valence-corrected chi connectivity index (χ1v) is 8.51. The number of amides is 2. The molecule has 26 heavy (non-hydrogen) atoms. The molecule has 6 nitrogen and oxygen atoms in total. The topological polar surface area (TPSA) is 76.0 Å². The minimum atomic E-state index is -0.249. The average molecular weight is 346 g/mol. The van der Waals surface area contributed by atoms with Gasteiger partial charge in [0, 0.05) is 23.0 Å². The van der Waals surface area contributed by atoms with Crippen molar-refractivity contribution in [3.8, 4) is 5.69 Å². The molecule has 1 aliphatic carbocycles. The number of nitrogens with zero attached hydrogens (tertiary/aromatic N) is 2. The highest BCUT2D eigenvalue weighted by atomic mass is 16.2. The molecular weight excluding hydrogens is 328 g/mol. The Bertz CT molecular complexity index is 928. The third-order valence-corrected chi connectivity index (χ3v) is 4.26. The molecule has 2 amide bonds. The Labute approximate surface area is 150 Å². The molecule has 1 aliphatic rings. The van der Waals surface area contributed by atoms with Gasteiger partial charge in [-0.1, -0.05) is 18.2 Å². The minimum Gasteiger partial charge on any atom is -0.326 e. The van der Waals surface area contributed by atoms with Crippen LogP contribution >= 0.6 is 0 Å². The summed E-state index contributed by atoms with van der Waals surface area (Å²) in [6.07, 6.45) is 5.08. The van der Waals surface area contributed by atoms with Gasteiger partial charge in [0.2, 0.25) is 5.91 Å². The Kier molecular flexibility index (Phi) is 4.23. The summed E-state index contributed by atoms with van der Waals surface area (Å²) in [4.78, 5) is 28.4. The lowest BCUT2D eigenvalue weighted by Gasteiger charge is -2.10. The van der Waals surface area contributed by atoms with Crippen LogP contribution in [0.15, 0.2) is 67.1 Å². The van der Waals surface area contributed by atoms with Crippen LogP contribution in [0, 0.1) is 5.92 Å². The van der Waals surface area contributed by atoms with Crippen molar-refractivity contribution in [1.29, 1.82) is 0 Å². The summed E-state index contributed by atoms with van der Waals surface area (Å²) in [7, 11) is 0. The molecule has 0 saturated heterocycles. The number of para-hydroxylation sites is 1. The molecule has 2 N–H and O–H groups in total. The van der Waals surface area contributed by atoms with E-state index in [0.29, 0.717) is 11.4 Å². The molecule has 0 aliphatic heterocycles. The number of carbonyl (C=O) groups is 2. The lowest BCUT2D eigenvalue weighted by atomic mass is 10.2. The summed E-state index contributed by atoms with van der Waals surface area (Å²) >= 11 is 0. The van der Waals surface area contributed by atoms with Gasteiger partial charge in [-0.2, -0.15) is 0 Å². The summed E-state index contributed by atoms with van der Waals surface area (Å²) in [6.45, 7) is 0. The Morgan fingerprint density at radius 1 is 0.923 bits per heavy atom. The summed E-state index contributed by atoms with van der Waals surface area (Å²) in [5.41, 5.74) is 2.70. The van der Waals surface area contributed by atoms with Crippen LogP contribution in [0.25, 0.3) is 5.69 Å². The highest BCUT2D eigenvalue weighted by Gasteiger charge is 2.29. The number of hydrogen-bond acceptors (Lipinski definition) is 3. The van der Waals surface area contributed by atoms with E-state index in [2.05, 4.69) is 15.6 Å². The van der Waals surface area contributed by atoms with Crippen LogP contribution in [0.3, 0.4) is 0 Å². The molecule has 4 rings (SSSR count). The smallest absolute Gasteiger partial charge is 0.274 e. The van der Waals surface area contributed by atoms with Gasteiger partial charge in [-0.15, -0.1) is 0 Å². The SMILES string of the molecule is O=C(Nc1ccc(NC(=O)C2CC2)cc1)c1cncn1-c1ccccc1. The molecule has 0 bridgehead atoms. The fraction of sp³-hybridized carbons (Fsp3) is 0.150. The van der Waals surface area contributed by atoms with Gasteiger partial charge in [-0.3, -0.25) is 14.2 Å². The van der Waals surface area contributed by atoms with E-state index in [4.69, 9.17) is 0 Å². The Hall–Kier alpha value is -3.41. The molecule has 3 aromatic rings. The normalized spacial score (nSPS) is 13.2. The highest BCUT2D eigenvalue weighted by molar-refractivity contribution is 6.03. The van der Waals surface area contributed by atoms with Crippen molar-refractivity contribution in [2.45, 2.75) is 12.8 Å². The van der Waals surface area contributed by atoms with Crippen LogP contribution < -0.4 is 10.6 Å². The van der Waals surface area contributed by atoms with Crippen molar-refractivity contribution in [3.63, 3.8) is 0 Å². The number of imidazole rings is 1. The van der Waals surface area contributed by atoms with Gasteiger partial charge in [0.15, 0.2) is 0 Å². The Morgan fingerprint density at radius 3 is 2.23 bits per heavy atom. The van der Waals surface area contributed by atoms with Crippen LogP contribution in [-0.4, -0.2) is 21.4 Å². The third-order valence-electron chi connectivity index (χ3n) is 4.26. The van der Waals surface area contributed by atoms with Crippen molar-refractivity contribution in [2.75, 3.05) is 10.6 Å². The predicted molar refractivity (Wildman–Crippen MR) is 99.3 cm³/mol. The molecule has 1 aromatic heterocycles. The van der Waals surface area contributed by atoms with Gasteiger partial charge in [0.05, 0.1) is 12.5 Å². The van der Waals surface area contributed by atoms with E-state index < -0.39 is 0 Å². The summed E-state index contributed by atoms with van der Waals surface area (Å²) in [6, 6.07) is 16.7. The van der Waals surface area contributed by atoms with Gasteiger partial charge in [0.25, 0.3) is 5.91 Å². The van der Waals surface area contributed by atoms with Crippen LogP contribution in [0.4, 0.5) is 11.4 Å². The molecule has 0 unspecified atom stereocenters. The number of carbonyl (C=O) groups excluding carboxylic acids is 2. The second kappa shape index (κ2) is 6.84. The standard InChI is InChI=1S/C20H18N4O2/c25-19(14-6-7-14)22-15-8-10-16(11-9-15)23-20(26)18-12-21-13-24(18)17-4-2-1-3-5-17/h1-5,8-14H,6-7H2,(H,22,25)(H,23,26). The van der Waals surface area contributed by atoms with Crippen molar-refractivity contribution in [1.82, 2.24) is 9.55 Å². The maximum Gasteiger partial charge on any atom is 0.274 e. The molecule has 2 aromatic carbocycles. The van der Waals surface area contributed by atoms with E-state index >= 15 is 0 Å². The summed E-state index contributed by atoms with van der Waals surface area (Å²) in [5.74, 6) is -0.0256. The summed E-state index contributed by atoms with van der Waals surface area (Å²) in [5, 5.41) is 5.73. The van der Waals surface area contributed by atoms with Crippen molar-refractivity contribution >= 4 is 23.2 Å². The largest absolute Gasteiger partial charge is 0.326 e. The molecule has 0 radical (unpaired) electrons. The maximum absolute atomic E-state index is 12.6. The van der Waals surface area contributed by atoms with E-state index in [9.17, 15) is 9.59 Å². The zero-order chi connectivity index (χ0) is 17.9. The number of benzene rings is 2. The van der Waals surface area contributed by atoms with Crippen LogP contribution in [0.1, 0.15) is 23.3 Å². The average Bonchev–Trinajstić information content (AvgIpc) is 3.40. The molecule has 6 heteroatoms. The fourth-order valence-corrected chi connectivity index (χ4v) is 2.68. The van der Waals surface area contributed by atoms with Gasteiger partial charge >= 0.3 is 0 Å². The first kappa shape index (κ1) is 16.1. The minimum absolute atomic E-state index is 0.0635. The lowest BCUT2D eigenvalue weighted by Crippen LogP contribution is -2.16. The zero-order valence-corrected chi connectivity index (χ0v) is 14.1. The zero-order valence-electron chi connectivity index (χ0n) is 14.1. The quantitative estimate of drug-likeness (QED) is 0.743. The second-order valence-corrected chi connectivity index (χ2v) is 6.28. The highest BCUT2D eigenvalue weighted by Crippen LogP contribution is 2.30. The van der Waals surface area contributed by atoms with E-state index in [-0.39, 0.29) is 17.7 Å². The first-order valence-electron chi connectivity index (χ1n) is 8.51. The summed E-state index contributed by atoms with van der Waals surface area (Å²) < 4.78 is 1.74.